The van der Waals surface area contributed by atoms with Crippen molar-refractivity contribution in [3.05, 3.63) is 93.1 Å². The van der Waals surface area contributed by atoms with Gasteiger partial charge in [0.15, 0.2) is 5.43 Å². The van der Waals surface area contributed by atoms with Gasteiger partial charge < -0.3 is 24.5 Å². The molecule has 5 rings (SSSR count). The number of carboxylic acids is 1. The van der Waals surface area contributed by atoms with Gasteiger partial charge in [0.25, 0.3) is 0 Å². The number of aromatic carboxylic acids is 1. The molecule has 2 heterocycles. The highest BCUT2D eigenvalue weighted by Gasteiger charge is 2.20. The average Bonchev–Trinajstić information content (AvgIpc) is 2.91. The molecule has 0 unspecified atom stereocenters. The van der Waals surface area contributed by atoms with E-state index in [1.54, 1.807) is 31.2 Å². The molecule has 1 fully saturated rings. The van der Waals surface area contributed by atoms with E-state index in [0.717, 1.165) is 35.5 Å². The summed E-state index contributed by atoms with van der Waals surface area (Å²) in [5.74, 6) is -0.469. The summed E-state index contributed by atoms with van der Waals surface area (Å²) in [5, 5.41) is 13.4. The number of para-hydroxylation sites is 1. The van der Waals surface area contributed by atoms with E-state index in [9.17, 15) is 14.7 Å². The maximum absolute atomic E-state index is 13.5. The molecular weight excluding hydrogens is 468 g/mol. The van der Waals surface area contributed by atoms with Crippen LogP contribution in [0.4, 0.5) is 11.4 Å². The van der Waals surface area contributed by atoms with Gasteiger partial charge in [-0.15, -0.1) is 0 Å². The summed E-state index contributed by atoms with van der Waals surface area (Å²) in [6.07, 6.45) is 0. The largest absolute Gasteiger partial charge is 0.478 e. The fraction of sp³-hybridized carbons (Fsp3) is 0.267. The zero-order valence-corrected chi connectivity index (χ0v) is 21.2. The smallest absolute Gasteiger partial charge is 0.337 e. The Morgan fingerprint density at radius 1 is 1.03 bits per heavy atom. The predicted octanol–water partition coefficient (Wildman–Crippen LogP) is 5.78. The van der Waals surface area contributed by atoms with Gasteiger partial charge in [-0.3, -0.25) is 4.79 Å². The molecule has 4 aromatic rings. The first kappa shape index (κ1) is 24.6. The quantitative estimate of drug-likeness (QED) is 0.348. The van der Waals surface area contributed by atoms with Crippen LogP contribution in [0.25, 0.3) is 22.3 Å². The minimum absolute atomic E-state index is 0.0726. The number of benzene rings is 3. The Labute approximate surface area is 215 Å². The van der Waals surface area contributed by atoms with E-state index in [4.69, 9.17) is 9.15 Å². The summed E-state index contributed by atoms with van der Waals surface area (Å²) in [6, 6.07) is 18.4. The minimum atomic E-state index is -1.01. The van der Waals surface area contributed by atoms with Crippen molar-refractivity contribution >= 4 is 28.3 Å². The lowest BCUT2D eigenvalue weighted by molar-refractivity contribution is 0.0698. The molecule has 1 aliphatic rings. The molecule has 37 heavy (non-hydrogen) atoms. The number of morpholine rings is 1. The Morgan fingerprint density at radius 2 is 1.73 bits per heavy atom. The molecule has 7 heteroatoms. The molecule has 1 saturated heterocycles. The first-order chi connectivity index (χ1) is 17.8. The summed E-state index contributed by atoms with van der Waals surface area (Å²) in [4.78, 5) is 27.5. The highest BCUT2D eigenvalue weighted by atomic mass is 16.5. The second-order valence-corrected chi connectivity index (χ2v) is 9.48. The maximum Gasteiger partial charge on any atom is 0.337 e. The van der Waals surface area contributed by atoms with Gasteiger partial charge in [0.05, 0.1) is 30.2 Å². The van der Waals surface area contributed by atoms with Crippen LogP contribution >= 0.6 is 0 Å². The van der Waals surface area contributed by atoms with Gasteiger partial charge in [-0.05, 0) is 68.8 Å². The number of ether oxygens (including phenoxy) is 1. The van der Waals surface area contributed by atoms with Crippen molar-refractivity contribution < 1.29 is 19.1 Å². The Hall–Kier alpha value is -4.10. The third kappa shape index (κ3) is 4.82. The van der Waals surface area contributed by atoms with Crippen LogP contribution in [0.15, 0.2) is 69.9 Å². The van der Waals surface area contributed by atoms with Crippen LogP contribution in [0.2, 0.25) is 0 Å². The molecule has 190 valence electrons. The van der Waals surface area contributed by atoms with Crippen LogP contribution in [0.3, 0.4) is 0 Å². The number of rotatable bonds is 6. The number of anilines is 2. The molecule has 0 aliphatic carbocycles. The number of hydrogen-bond donors (Lipinski definition) is 2. The van der Waals surface area contributed by atoms with Gasteiger partial charge in [-0.1, -0.05) is 18.2 Å². The third-order valence-electron chi connectivity index (χ3n) is 6.89. The predicted molar refractivity (Wildman–Crippen MR) is 146 cm³/mol. The lowest BCUT2D eigenvalue weighted by Gasteiger charge is -2.28. The van der Waals surface area contributed by atoms with Crippen molar-refractivity contribution in [2.45, 2.75) is 26.8 Å². The van der Waals surface area contributed by atoms with Crippen molar-refractivity contribution in [3.8, 4) is 11.3 Å². The van der Waals surface area contributed by atoms with E-state index in [1.165, 1.54) is 0 Å². The second-order valence-electron chi connectivity index (χ2n) is 9.48. The first-order valence-corrected chi connectivity index (χ1v) is 12.4. The molecule has 0 saturated carbocycles. The molecule has 1 atom stereocenters. The van der Waals surface area contributed by atoms with Crippen molar-refractivity contribution in [1.29, 1.82) is 0 Å². The van der Waals surface area contributed by atoms with Crippen LogP contribution in [0.5, 0.6) is 0 Å². The molecule has 3 aromatic carbocycles. The van der Waals surface area contributed by atoms with Gasteiger partial charge in [-0.2, -0.15) is 0 Å². The molecule has 2 N–H and O–H groups in total. The van der Waals surface area contributed by atoms with Crippen LogP contribution in [-0.4, -0.2) is 37.4 Å². The van der Waals surface area contributed by atoms with E-state index in [0.29, 0.717) is 41.2 Å². The monoisotopic (exact) mass is 498 g/mol. The molecule has 0 bridgehead atoms. The number of nitrogens with one attached hydrogen (secondary N) is 1. The van der Waals surface area contributed by atoms with Crippen molar-refractivity contribution in [1.82, 2.24) is 0 Å². The molecule has 7 nitrogen and oxygen atoms in total. The van der Waals surface area contributed by atoms with Crippen LogP contribution in [0.1, 0.15) is 40.0 Å². The fourth-order valence-electron chi connectivity index (χ4n) is 4.92. The van der Waals surface area contributed by atoms with Gasteiger partial charge in [0, 0.05) is 41.2 Å². The van der Waals surface area contributed by atoms with E-state index >= 15 is 0 Å². The summed E-state index contributed by atoms with van der Waals surface area (Å²) >= 11 is 0. The van der Waals surface area contributed by atoms with E-state index in [2.05, 4.69) is 10.2 Å². The summed E-state index contributed by atoms with van der Waals surface area (Å²) < 4.78 is 11.9. The van der Waals surface area contributed by atoms with Crippen LogP contribution < -0.4 is 15.6 Å². The van der Waals surface area contributed by atoms with Gasteiger partial charge in [0.2, 0.25) is 0 Å². The number of hydrogen-bond acceptors (Lipinski definition) is 6. The number of fused-ring (bicyclic) bond motifs is 1. The molecular formula is C30H30N2O5. The Morgan fingerprint density at radius 3 is 2.43 bits per heavy atom. The molecule has 1 aromatic heterocycles. The minimum Gasteiger partial charge on any atom is -0.478 e. The number of carbonyl (C=O) groups is 1. The lowest BCUT2D eigenvalue weighted by atomic mass is 9.98. The number of nitrogens with zero attached hydrogens (tertiary/aromatic N) is 1. The topological polar surface area (TPSA) is 92.0 Å². The molecule has 0 spiro atoms. The van der Waals surface area contributed by atoms with Crippen LogP contribution in [0, 0.1) is 13.8 Å². The van der Waals surface area contributed by atoms with Crippen molar-refractivity contribution in [3.63, 3.8) is 0 Å². The normalized spacial score (nSPS) is 14.5. The standard InChI is InChI=1S/C30H30N2O5/c1-18-16-24(20(3)31-26-7-5-4-6-23(26)30(34)35)29-25(17-18)27(33)19(2)28(37-29)21-8-10-22(11-9-21)32-12-14-36-15-13-32/h4-11,16-17,20,31H,12-15H2,1-3H3,(H,34,35)/t20-/m1/s1. The van der Waals surface area contributed by atoms with Gasteiger partial charge in [0.1, 0.15) is 11.3 Å². The zero-order valence-electron chi connectivity index (χ0n) is 21.2. The molecule has 1 aliphatic heterocycles. The van der Waals surface area contributed by atoms with Gasteiger partial charge >= 0.3 is 5.97 Å². The first-order valence-electron chi connectivity index (χ1n) is 12.4. The second kappa shape index (κ2) is 10.1. The Bertz CT molecular complexity index is 1520. The lowest BCUT2D eigenvalue weighted by Crippen LogP contribution is -2.36. The number of aryl methyl sites for hydroxylation is 1. The van der Waals surface area contributed by atoms with Crippen molar-refractivity contribution in [2.24, 2.45) is 0 Å². The van der Waals surface area contributed by atoms with E-state index < -0.39 is 5.97 Å². The van der Waals surface area contributed by atoms with E-state index in [1.807, 2.05) is 50.2 Å². The van der Waals surface area contributed by atoms with Crippen LogP contribution in [-0.2, 0) is 4.74 Å². The highest BCUT2D eigenvalue weighted by molar-refractivity contribution is 5.94. The maximum atomic E-state index is 13.5. The third-order valence-corrected chi connectivity index (χ3v) is 6.89. The van der Waals surface area contributed by atoms with E-state index in [-0.39, 0.29) is 17.0 Å². The summed E-state index contributed by atoms with van der Waals surface area (Å²) in [5.41, 5.74) is 5.33. The zero-order chi connectivity index (χ0) is 26.1. The fourth-order valence-corrected chi connectivity index (χ4v) is 4.92. The SMILES string of the molecule is Cc1cc([C@@H](C)Nc2ccccc2C(=O)O)c2oc(-c3ccc(N4CCOCC4)cc3)c(C)c(=O)c2c1. The summed E-state index contributed by atoms with van der Waals surface area (Å²) in [7, 11) is 0. The average molecular weight is 499 g/mol. The van der Waals surface area contributed by atoms with Crippen molar-refractivity contribution in [2.75, 3.05) is 36.5 Å². The summed E-state index contributed by atoms with van der Waals surface area (Å²) in [6.45, 7) is 8.79. The van der Waals surface area contributed by atoms with Gasteiger partial charge in [-0.25, -0.2) is 4.79 Å². The Balaban J connectivity index is 1.57. The highest BCUT2D eigenvalue weighted by Crippen LogP contribution is 2.33. The molecule has 0 radical (unpaired) electrons. The number of carboxylic acid groups (broad SMARTS) is 1. The Kier molecular flexibility index (Phi) is 6.72. The molecule has 0 amide bonds.